The molecule has 0 fully saturated rings. The van der Waals surface area contributed by atoms with Crippen LogP contribution in [-0.2, 0) is 11.3 Å². The summed E-state index contributed by atoms with van der Waals surface area (Å²) in [6, 6.07) is 16.8. The molecule has 0 aliphatic heterocycles. The largest absolute Gasteiger partial charge is 0.373 e. The van der Waals surface area contributed by atoms with Crippen molar-refractivity contribution in [3.8, 4) is 0 Å². The first-order valence-electron chi connectivity index (χ1n) is 6.19. The van der Waals surface area contributed by atoms with E-state index >= 15 is 0 Å². The molecule has 0 saturated heterocycles. The van der Waals surface area contributed by atoms with Gasteiger partial charge in [0, 0.05) is 11.1 Å². The predicted molar refractivity (Wildman–Crippen MR) is 76.2 cm³/mol. The molecule has 2 aromatic rings. The third kappa shape index (κ3) is 3.39. The van der Waals surface area contributed by atoms with E-state index in [1.165, 1.54) is 0 Å². The molecule has 19 heavy (non-hydrogen) atoms. The molecule has 0 amide bonds. The van der Waals surface area contributed by atoms with E-state index in [4.69, 9.17) is 4.74 Å². The average molecular weight is 252 g/mol. The average Bonchev–Trinajstić information content (AvgIpc) is 2.48. The molecule has 0 radical (unpaired) electrons. The van der Waals surface area contributed by atoms with Crippen LogP contribution in [0.2, 0.25) is 0 Å². The van der Waals surface area contributed by atoms with Crippen molar-refractivity contribution < 1.29 is 9.53 Å². The van der Waals surface area contributed by atoms with E-state index in [1.54, 1.807) is 6.08 Å². The fourth-order valence-electron chi connectivity index (χ4n) is 1.86. The van der Waals surface area contributed by atoms with Crippen molar-refractivity contribution in [2.75, 3.05) is 6.61 Å². The summed E-state index contributed by atoms with van der Waals surface area (Å²) in [4.78, 5) is 12.4. The molecular formula is C17H16O2. The van der Waals surface area contributed by atoms with E-state index in [2.05, 4.69) is 6.58 Å². The SMILES string of the molecule is C=CCOCc1ccccc1C(=O)c1ccccc1. The van der Waals surface area contributed by atoms with Crippen molar-refractivity contribution in [3.05, 3.63) is 83.9 Å². The van der Waals surface area contributed by atoms with Crippen LogP contribution in [0.5, 0.6) is 0 Å². The Morgan fingerprint density at radius 3 is 2.47 bits per heavy atom. The Hall–Kier alpha value is -2.19. The van der Waals surface area contributed by atoms with Crippen molar-refractivity contribution in [2.24, 2.45) is 0 Å². The minimum absolute atomic E-state index is 0.0263. The van der Waals surface area contributed by atoms with Crippen LogP contribution in [-0.4, -0.2) is 12.4 Å². The Kier molecular flexibility index (Phi) is 4.65. The highest BCUT2D eigenvalue weighted by molar-refractivity contribution is 6.09. The van der Waals surface area contributed by atoms with Crippen molar-refractivity contribution in [1.82, 2.24) is 0 Å². The first-order valence-corrected chi connectivity index (χ1v) is 6.19. The predicted octanol–water partition coefficient (Wildman–Crippen LogP) is 3.62. The zero-order valence-electron chi connectivity index (χ0n) is 10.7. The van der Waals surface area contributed by atoms with Gasteiger partial charge < -0.3 is 4.74 Å². The lowest BCUT2D eigenvalue weighted by Crippen LogP contribution is -2.06. The first-order chi connectivity index (χ1) is 9.33. The normalized spacial score (nSPS) is 10.1. The third-order valence-corrected chi connectivity index (χ3v) is 2.79. The maximum absolute atomic E-state index is 12.4. The molecule has 2 heteroatoms. The van der Waals surface area contributed by atoms with E-state index in [0.29, 0.717) is 24.3 Å². The summed E-state index contributed by atoms with van der Waals surface area (Å²) in [7, 11) is 0. The van der Waals surface area contributed by atoms with Gasteiger partial charge in [-0.2, -0.15) is 0 Å². The summed E-state index contributed by atoms with van der Waals surface area (Å²) >= 11 is 0. The van der Waals surface area contributed by atoms with E-state index < -0.39 is 0 Å². The summed E-state index contributed by atoms with van der Waals surface area (Å²) < 4.78 is 5.43. The molecule has 2 aromatic carbocycles. The highest BCUT2D eigenvalue weighted by atomic mass is 16.5. The summed E-state index contributed by atoms with van der Waals surface area (Å²) in [5.74, 6) is 0.0263. The molecule has 2 rings (SSSR count). The van der Waals surface area contributed by atoms with Gasteiger partial charge in [-0.1, -0.05) is 60.7 Å². The van der Waals surface area contributed by atoms with E-state index in [0.717, 1.165) is 5.56 Å². The Morgan fingerprint density at radius 1 is 1.05 bits per heavy atom. The molecule has 0 bridgehead atoms. The van der Waals surface area contributed by atoms with Crippen LogP contribution in [0.1, 0.15) is 21.5 Å². The minimum Gasteiger partial charge on any atom is -0.373 e. The Morgan fingerprint density at radius 2 is 1.74 bits per heavy atom. The number of hydrogen-bond donors (Lipinski definition) is 0. The minimum atomic E-state index is 0.0263. The topological polar surface area (TPSA) is 26.3 Å². The van der Waals surface area contributed by atoms with Crippen molar-refractivity contribution in [1.29, 1.82) is 0 Å². The first kappa shape index (κ1) is 13.2. The summed E-state index contributed by atoms with van der Waals surface area (Å²) in [6.07, 6.45) is 1.70. The number of carbonyl (C=O) groups is 1. The molecular weight excluding hydrogens is 236 g/mol. The molecule has 0 atom stereocenters. The number of hydrogen-bond acceptors (Lipinski definition) is 2. The Labute approximate surface area is 113 Å². The van der Waals surface area contributed by atoms with Crippen molar-refractivity contribution in [2.45, 2.75) is 6.61 Å². The fraction of sp³-hybridized carbons (Fsp3) is 0.118. The highest BCUT2D eigenvalue weighted by Crippen LogP contribution is 2.15. The molecule has 0 aromatic heterocycles. The Bertz CT molecular complexity index is 558. The van der Waals surface area contributed by atoms with Gasteiger partial charge in [0.1, 0.15) is 0 Å². The van der Waals surface area contributed by atoms with Crippen LogP contribution in [0, 0.1) is 0 Å². The lowest BCUT2D eigenvalue weighted by Gasteiger charge is -2.08. The summed E-state index contributed by atoms with van der Waals surface area (Å²) in [6.45, 7) is 4.50. The maximum atomic E-state index is 12.4. The van der Waals surface area contributed by atoms with Crippen LogP contribution in [0.15, 0.2) is 67.3 Å². The molecule has 0 aliphatic carbocycles. The van der Waals surface area contributed by atoms with Gasteiger partial charge in [0.15, 0.2) is 5.78 Å². The van der Waals surface area contributed by atoms with Gasteiger partial charge in [-0.3, -0.25) is 4.79 Å². The second-order valence-electron chi connectivity index (χ2n) is 4.16. The second-order valence-corrected chi connectivity index (χ2v) is 4.16. The van der Waals surface area contributed by atoms with Crippen LogP contribution in [0.3, 0.4) is 0 Å². The van der Waals surface area contributed by atoms with E-state index in [1.807, 2.05) is 54.6 Å². The van der Waals surface area contributed by atoms with Crippen LogP contribution < -0.4 is 0 Å². The van der Waals surface area contributed by atoms with Gasteiger partial charge >= 0.3 is 0 Å². The zero-order chi connectivity index (χ0) is 13.5. The molecule has 0 heterocycles. The lowest BCUT2D eigenvalue weighted by atomic mass is 9.99. The zero-order valence-corrected chi connectivity index (χ0v) is 10.7. The van der Waals surface area contributed by atoms with Gasteiger partial charge in [-0.05, 0) is 5.56 Å². The van der Waals surface area contributed by atoms with Gasteiger partial charge in [0.25, 0.3) is 0 Å². The Balaban J connectivity index is 2.24. The lowest BCUT2D eigenvalue weighted by molar-refractivity contribution is 0.103. The molecule has 0 N–H and O–H groups in total. The van der Waals surface area contributed by atoms with Crippen molar-refractivity contribution >= 4 is 5.78 Å². The maximum Gasteiger partial charge on any atom is 0.193 e. The summed E-state index contributed by atoms with van der Waals surface area (Å²) in [5.41, 5.74) is 2.29. The number of ketones is 1. The standard InChI is InChI=1S/C17H16O2/c1-2-12-19-13-15-10-6-7-11-16(15)17(18)14-8-4-3-5-9-14/h2-11H,1,12-13H2. The third-order valence-electron chi connectivity index (χ3n) is 2.79. The summed E-state index contributed by atoms with van der Waals surface area (Å²) in [5, 5.41) is 0. The smallest absolute Gasteiger partial charge is 0.193 e. The quantitative estimate of drug-likeness (QED) is 0.446. The number of benzene rings is 2. The van der Waals surface area contributed by atoms with E-state index in [-0.39, 0.29) is 5.78 Å². The van der Waals surface area contributed by atoms with E-state index in [9.17, 15) is 4.79 Å². The van der Waals surface area contributed by atoms with Gasteiger partial charge in [-0.15, -0.1) is 6.58 Å². The monoisotopic (exact) mass is 252 g/mol. The van der Waals surface area contributed by atoms with Gasteiger partial charge in [-0.25, -0.2) is 0 Å². The molecule has 2 nitrogen and oxygen atoms in total. The number of ether oxygens (including phenoxy) is 1. The van der Waals surface area contributed by atoms with Gasteiger partial charge in [0.05, 0.1) is 13.2 Å². The van der Waals surface area contributed by atoms with Crippen LogP contribution >= 0.6 is 0 Å². The number of carbonyl (C=O) groups excluding carboxylic acids is 1. The van der Waals surface area contributed by atoms with Crippen LogP contribution in [0.25, 0.3) is 0 Å². The van der Waals surface area contributed by atoms with Crippen molar-refractivity contribution in [3.63, 3.8) is 0 Å². The molecule has 0 unspecified atom stereocenters. The van der Waals surface area contributed by atoms with Crippen LogP contribution in [0.4, 0.5) is 0 Å². The molecule has 96 valence electrons. The highest BCUT2D eigenvalue weighted by Gasteiger charge is 2.12. The van der Waals surface area contributed by atoms with Gasteiger partial charge in [0.2, 0.25) is 0 Å². The second kappa shape index (κ2) is 6.66. The number of rotatable bonds is 6. The fourth-order valence-corrected chi connectivity index (χ4v) is 1.86. The molecule has 0 saturated carbocycles. The molecule has 0 aliphatic rings. The molecule has 0 spiro atoms.